The van der Waals surface area contributed by atoms with E-state index in [2.05, 4.69) is 31.0 Å². The van der Waals surface area contributed by atoms with Gasteiger partial charge in [-0.1, -0.05) is 20.8 Å². The van der Waals surface area contributed by atoms with Crippen molar-refractivity contribution in [3.05, 3.63) is 17.5 Å². The molecule has 0 amide bonds. The van der Waals surface area contributed by atoms with Crippen LogP contribution in [0, 0.1) is 5.92 Å². The molecule has 0 unspecified atom stereocenters. The van der Waals surface area contributed by atoms with Gasteiger partial charge >= 0.3 is 0 Å². The van der Waals surface area contributed by atoms with Crippen LogP contribution in [-0.4, -0.2) is 10.2 Å². The lowest BCUT2D eigenvalue weighted by Gasteiger charge is -2.28. The number of H-pyrrole nitrogens is 1. The Kier molecular flexibility index (Phi) is 2.14. The van der Waals surface area contributed by atoms with Crippen LogP contribution in [0.25, 0.3) is 0 Å². The van der Waals surface area contributed by atoms with Gasteiger partial charge in [0.1, 0.15) is 0 Å². The largest absolute Gasteiger partial charge is 0.282 e. The van der Waals surface area contributed by atoms with E-state index in [1.165, 1.54) is 24.1 Å². The Hall–Kier alpha value is -0.790. The summed E-state index contributed by atoms with van der Waals surface area (Å²) in [4.78, 5) is 0. The summed E-state index contributed by atoms with van der Waals surface area (Å²) in [6.07, 6.45) is 4.65. The van der Waals surface area contributed by atoms with Crippen LogP contribution in [0.1, 0.15) is 56.7 Å². The van der Waals surface area contributed by atoms with Crippen molar-refractivity contribution in [3.8, 4) is 0 Å². The minimum absolute atomic E-state index is 0.674. The monoisotopic (exact) mass is 178 g/mol. The number of hydrogen-bond acceptors (Lipinski definition) is 1. The molecule has 72 valence electrons. The van der Waals surface area contributed by atoms with Gasteiger partial charge in [0.2, 0.25) is 0 Å². The highest BCUT2D eigenvalue weighted by molar-refractivity contribution is 5.27. The minimum atomic E-state index is 0.674. The summed E-state index contributed by atoms with van der Waals surface area (Å²) < 4.78 is 0. The fraction of sp³-hybridized carbons (Fsp3) is 0.727. The van der Waals surface area contributed by atoms with Gasteiger partial charge in [-0.05, 0) is 36.2 Å². The number of aromatic amines is 1. The molecular weight excluding hydrogens is 160 g/mol. The average molecular weight is 178 g/mol. The van der Waals surface area contributed by atoms with Crippen LogP contribution in [0.2, 0.25) is 0 Å². The third-order valence-corrected chi connectivity index (χ3v) is 3.31. The molecule has 2 rings (SSSR count). The molecule has 0 aliphatic heterocycles. The van der Waals surface area contributed by atoms with Crippen molar-refractivity contribution < 1.29 is 0 Å². The molecule has 1 heterocycles. The lowest BCUT2D eigenvalue weighted by atomic mass is 9.76. The zero-order valence-electron chi connectivity index (χ0n) is 8.67. The Morgan fingerprint density at radius 2 is 2.23 bits per heavy atom. The molecule has 2 nitrogen and oxygen atoms in total. The van der Waals surface area contributed by atoms with Gasteiger partial charge in [0.05, 0.1) is 6.20 Å². The molecule has 0 fully saturated rings. The summed E-state index contributed by atoms with van der Waals surface area (Å²) in [5, 5.41) is 7.30. The Balaban J connectivity index is 2.35. The first kappa shape index (κ1) is 8.79. The van der Waals surface area contributed by atoms with Gasteiger partial charge in [-0.2, -0.15) is 5.10 Å². The van der Waals surface area contributed by atoms with Gasteiger partial charge in [0.25, 0.3) is 0 Å². The molecule has 1 aliphatic rings. The quantitative estimate of drug-likeness (QED) is 0.703. The van der Waals surface area contributed by atoms with Gasteiger partial charge in [-0.3, -0.25) is 5.10 Å². The van der Waals surface area contributed by atoms with Gasteiger partial charge in [-0.15, -0.1) is 0 Å². The van der Waals surface area contributed by atoms with E-state index >= 15 is 0 Å². The van der Waals surface area contributed by atoms with Crippen LogP contribution in [0.15, 0.2) is 6.20 Å². The Morgan fingerprint density at radius 3 is 2.92 bits per heavy atom. The van der Waals surface area contributed by atoms with Gasteiger partial charge < -0.3 is 0 Å². The zero-order chi connectivity index (χ0) is 9.42. The van der Waals surface area contributed by atoms with Gasteiger partial charge in [-0.25, -0.2) is 0 Å². The molecular formula is C11H18N2. The van der Waals surface area contributed by atoms with Crippen molar-refractivity contribution in [3.63, 3.8) is 0 Å². The van der Waals surface area contributed by atoms with Crippen molar-refractivity contribution >= 4 is 0 Å². The maximum Gasteiger partial charge on any atom is 0.0525 e. The maximum atomic E-state index is 4.16. The third kappa shape index (κ3) is 1.38. The highest BCUT2D eigenvalue weighted by atomic mass is 15.1. The maximum absolute atomic E-state index is 4.16. The Morgan fingerprint density at radius 1 is 1.46 bits per heavy atom. The van der Waals surface area contributed by atoms with E-state index in [-0.39, 0.29) is 0 Å². The van der Waals surface area contributed by atoms with Crippen LogP contribution in [0.4, 0.5) is 0 Å². The summed E-state index contributed by atoms with van der Waals surface area (Å²) in [6, 6.07) is 0. The summed E-state index contributed by atoms with van der Waals surface area (Å²) in [5.41, 5.74) is 2.85. The minimum Gasteiger partial charge on any atom is -0.282 e. The smallest absolute Gasteiger partial charge is 0.0525 e. The fourth-order valence-corrected chi connectivity index (χ4v) is 2.42. The van der Waals surface area contributed by atoms with Crippen LogP contribution in [0.3, 0.4) is 0 Å². The first-order valence-corrected chi connectivity index (χ1v) is 5.23. The SMILES string of the molecule is CC(C)[C@@H]1CC[C@@H](C)c2[nH]ncc21. The number of fused-ring (bicyclic) bond motifs is 1. The van der Waals surface area contributed by atoms with E-state index in [0.717, 1.165) is 11.8 Å². The van der Waals surface area contributed by atoms with Crippen molar-refractivity contribution in [2.75, 3.05) is 0 Å². The summed E-state index contributed by atoms with van der Waals surface area (Å²) in [5.74, 6) is 2.14. The molecule has 1 aromatic rings. The van der Waals surface area contributed by atoms with Crippen molar-refractivity contribution in [1.29, 1.82) is 0 Å². The van der Waals surface area contributed by atoms with Gasteiger partial charge in [0.15, 0.2) is 0 Å². The second kappa shape index (κ2) is 3.17. The average Bonchev–Trinajstić information content (AvgIpc) is 2.53. The van der Waals surface area contributed by atoms with E-state index < -0.39 is 0 Å². The number of nitrogens with zero attached hydrogens (tertiary/aromatic N) is 1. The van der Waals surface area contributed by atoms with E-state index in [0.29, 0.717) is 5.92 Å². The van der Waals surface area contributed by atoms with E-state index in [9.17, 15) is 0 Å². The topological polar surface area (TPSA) is 28.7 Å². The highest BCUT2D eigenvalue weighted by Gasteiger charge is 2.28. The lowest BCUT2D eigenvalue weighted by Crippen LogP contribution is -2.15. The molecule has 0 bridgehead atoms. The van der Waals surface area contributed by atoms with Crippen LogP contribution in [0.5, 0.6) is 0 Å². The first-order valence-electron chi connectivity index (χ1n) is 5.23. The van der Waals surface area contributed by atoms with Crippen LogP contribution < -0.4 is 0 Å². The summed E-state index contributed by atoms with van der Waals surface area (Å²) >= 11 is 0. The fourth-order valence-electron chi connectivity index (χ4n) is 2.42. The predicted octanol–water partition coefficient (Wildman–Crippen LogP) is 3.05. The van der Waals surface area contributed by atoms with Crippen LogP contribution in [-0.2, 0) is 0 Å². The summed E-state index contributed by atoms with van der Waals surface area (Å²) in [6.45, 7) is 6.89. The van der Waals surface area contributed by atoms with Gasteiger partial charge in [0, 0.05) is 5.69 Å². The molecule has 0 saturated carbocycles. The van der Waals surface area contributed by atoms with E-state index in [4.69, 9.17) is 0 Å². The highest BCUT2D eigenvalue weighted by Crippen LogP contribution is 2.40. The van der Waals surface area contributed by atoms with Crippen LogP contribution >= 0.6 is 0 Å². The Labute approximate surface area is 79.7 Å². The molecule has 1 aliphatic carbocycles. The van der Waals surface area contributed by atoms with Crippen molar-refractivity contribution in [2.45, 2.75) is 45.4 Å². The second-order valence-electron chi connectivity index (χ2n) is 4.57. The zero-order valence-corrected chi connectivity index (χ0v) is 8.67. The van der Waals surface area contributed by atoms with E-state index in [1.807, 2.05) is 6.20 Å². The normalized spacial score (nSPS) is 27.7. The Bertz CT molecular complexity index is 288. The molecule has 0 saturated heterocycles. The molecule has 1 aromatic heterocycles. The van der Waals surface area contributed by atoms with Crippen molar-refractivity contribution in [2.24, 2.45) is 5.92 Å². The lowest BCUT2D eigenvalue weighted by molar-refractivity contribution is 0.408. The summed E-state index contributed by atoms with van der Waals surface area (Å²) in [7, 11) is 0. The molecule has 0 spiro atoms. The molecule has 0 aromatic carbocycles. The molecule has 0 radical (unpaired) electrons. The number of hydrogen-bond donors (Lipinski definition) is 1. The third-order valence-electron chi connectivity index (χ3n) is 3.31. The number of rotatable bonds is 1. The second-order valence-corrected chi connectivity index (χ2v) is 4.57. The molecule has 2 heteroatoms. The van der Waals surface area contributed by atoms with Crippen molar-refractivity contribution in [1.82, 2.24) is 10.2 Å². The number of nitrogens with one attached hydrogen (secondary N) is 1. The van der Waals surface area contributed by atoms with E-state index in [1.54, 1.807) is 0 Å². The predicted molar refractivity (Wildman–Crippen MR) is 53.8 cm³/mol. The molecule has 1 N–H and O–H groups in total. The molecule has 13 heavy (non-hydrogen) atoms. The first-order chi connectivity index (χ1) is 6.20. The molecule has 2 atom stereocenters. The number of aromatic nitrogens is 2. The standard InChI is InChI=1S/C11H18N2/c1-7(2)9-5-4-8(3)11-10(9)6-12-13-11/h6-9H,4-5H2,1-3H3,(H,12,13)/t8-,9+/m1/s1.